The van der Waals surface area contributed by atoms with E-state index in [0.29, 0.717) is 24.9 Å². The smallest absolute Gasteiger partial charge is 0.120 e. The summed E-state index contributed by atoms with van der Waals surface area (Å²) in [5.41, 5.74) is 8.68. The van der Waals surface area contributed by atoms with Gasteiger partial charge in [-0.15, -0.1) is 0 Å². The number of fused-ring (bicyclic) bond motifs is 1. The minimum absolute atomic E-state index is 0.349. The highest BCUT2D eigenvalue weighted by Gasteiger charge is 2.28. The van der Waals surface area contributed by atoms with E-state index in [4.69, 9.17) is 14.6 Å². The van der Waals surface area contributed by atoms with Crippen molar-refractivity contribution in [2.24, 2.45) is 0 Å². The lowest BCUT2D eigenvalue weighted by molar-refractivity contribution is -0.108. The molecule has 0 bridgehead atoms. The van der Waals surface area contributed by atoms with Gasteiger partial charge in [0.15, 0.2) is 0 Å². The minimum Gasteiger partial charge on any atom is -0.494 e. The van der Waals surface area contributed by atoms with E-state index in [-0.39, 0.29) is 0 Å². The molecule has 2 unspecified atom stereocenters. The Bertz CT molecular complexity index is 1150. The van der Waals surface area contributed by atoms with Crippen molar-refractivity contribution in [1.29, 1.82) is 0 Å². The van der Waals surface area contributed by atoms with Gasteiger partial charge in [0.25, 0.3) is 0 Å². The summed E-state index contributed by atoms with van der Waals surface area (Å²) >= 11 is 1.85. The number of benzene rings is 3. The van der Waals surface area contributed by atoms with Crippen molar-refractivity contribution in [3.05, 3.63) is 82.4 Å². The van der Waals surface area contributed by atoms with E-state index < -0.39 is 0 Å². The lowest BCUT2D eigenvalue weighted by atomic mass is 9.94. The maximum atomic E-state index is 11.0. The van der Waals surface area contributed by atoms with Crippen LogP contribution >= 0.6 is 11.8 Å². The Hall–Kier alpha value is -2.76. The number of rotatable bonds is 11. The van der Waals surface area contributed by atoms with Gasteiger partial charge >= 0.3 is 0 Å². The summed E-state index contributed by atoms with van der Waals surface area (Å²) in [5, 5.41) is 7.00. The first-order valence-corrected chi connectivity index (χ1v) is 14.4. The van der Waals surface area contributed by atoms with E-state index >= 15 is 0 Å². The molecule has 0 fully saturated rings. The molecule has 198 valence electrons. The predicted octanol–water partition coefficient (Wildman–Crippen LogP) is 7.47. The number of aliphatic hydroxyl groups excluding tert-OH is 1. The molecule has 2 atom stereocenters. The first-order valence-electron chi connectivity index (χ1n) is 13.0. The number of thioether (sulfide) groups is 1. The van der Waals surface area contributed by atoms with Crippen LogP contribution in [0.15, 0.2) is 54.6 Å². The normalized spacial score (nSPS) is 15.9. The molecule has 0 saturated heterocycles. The fraction of sp³-hybridized carbons (Fsp3) is 0.406. The summed E-state index contributed by atoms with van der Waals surface area (Å²) in [6.45, 7) is 7.83. The maximum absolute atomic E-state index is 11.0. The number of carbonyl (C=O) groups is 1. The highest BCUT2D eigenvalue weighted by molar-refractivity contribution is 7.98. The summed E-state index contributed by atoms with van der Waals surface area (Å²) in [6, 6.07) is 19.3. The van der Waals surface area contributed by atoms with Crippen molar-refractivity contribution in [1.82, 2.24) is 0 Å². The second-order valence-corrected chi connectivity index (χ2v) is 10.6. The first kappa shape index (κ1) is 28.8. The summed E-state index contributed by atoms with van der Waals surface area (Å²) < 4.78 is 12.2. The number of aldehydes is 1. The number of hydrogen-bond acceptors (Lipinski definition) is 5. The van der Waals surface area contributed by atoms with E-state index in [9.17, 15) is 4.79 Å². The molecular weight excluding hydrogens is 480 g/mol. The number of aryl methyl sites for hydroxylation is 2. The molecule has 1 N–H and O–H groups in total. The zero-order chi connectivity index (χ0) is 26.8. The van der Waals surface area contributed by atoms with Gasteiger partial charge < -0.3 is 19.4 Å². The van der Waals surface area contributed by atoms with Crippen molar-refractivity contribution in [3.8, 4) is 22.6 Å². The molecule has 37 heavy (non-hydrogen) atoms. The summed E-state index contributed by atoms with van der Waals surface area (Å²) in [6.07, 6.45) is 5.88. The molecule has 4 rings (SSSR count). The highest BCUT2D eigenvalue weighted by Crippen LogP contribution is 2.44. The van der Waals surface area contributed by atoms with E-state index in [1.54, 1.807) is 0 Å². The van der Waals surface area contributed by atoms with Crippen molar-refractivity contribution < 1.29 is 19.4 Å². The number of aliphatic hydroxyl groups is 1. The van der Waals surface area contributed by atoms with Gasteiger partial charge in [-0.25, -0.2) is 0 Å². The van der Waals surface area contributed by atoms with Crippen molar-refractivity contribution >= 4 is 18.0 Å². The first-order chi connectivity index (χ1) is 18.0. The van der Waals surface area contributed by atoms with Crippen LogP contribution in [0.2, 0.25) is 0 Å². The molecule has 0 spiro atoms. The Kier molecular flexibility index (Phi) is 11.1. The fourth-order valence-electron chi connectivity index (χ4n) is 5.30. The Balaban J connectivity index is 0.00000186. The molecule has 3 aromatic carbocycles. The van der Waals surface area contributed by atoms with Gasteiger partial charge in [0, 0.05) is 13.5 Å². The molecule has 0 aromatic heterocycles. The maximum Gasteiger partial charge on any atom is 0.120 e. The van der Waals surface area contributed by atoms with E-state index in [2.05, 4.69) is 75.6 Å². The quantitative estimate of drug-likeness (QED) is 0.210. The number of hydrogen-bond donors (Lipinski definition) is 1. The Labute approximate surface area is 226 Å². The zero-order valence-corrected chi connectivity index (χ0v) is 23.6. The Morgan fingerprint density at radius 3 is 2.43 bits per heavy atom. The molecule has 1 aliphatic carbocycles. The van der Waals surface area contributed by atoms with Gasteiger partial charge in [-0.1, -0.05) is 31.2 Å². The summed E-state index contributed by atoms with van der Waals surface area (Å²) in [7, 11) is 1.00. The van der Waals surface area contributed by atoms with E-state index in [1.165, 1.54) is 33.4 Å². The molecule has 1 aliphatic rings. The summed E-state index contributed by atoms with van der Waals surface area (Å²) in [4.78, 5) is 11.0. The monoisotopic (exact) mass is 520 g/mol. The SMILES string of the molecule is CO.CSCCCOc1cc(C)c(-c2cccc(COc3ccc4c(c3)C(C)CC4CC=O)c2)c(C)c1. The Morgan fingerprint density at radius 2 is 1.73 bits per heavy atom. The third-order valence-electron chi connectivity index (χ3n) is 6.94. The molecule has 3 aromatic rings. The van der Waals surface area contributed by atoms with Crippen LogP contribution in [0.4, 0.5) is 0 Å². The van der Waals surface area contributed by atoms with Crippen LogP contribution in [0.1, 0.15) is 65.8 Å². The van der Waals surface area contributed by atoms with Gasteiger partial charge in [-0.05, 0) is 120 Å². The highest BCUT2D eigenvalue weighted by atomic mass is 32.2. The van der Waals surface area contributed by atoms with Gasteiger partial charge in [0.2, 0.25) is 0 Å². The van der Waals surface area contributed by atoms with Crippen LogP contribution in [0.5, 0.6) is 11.5 Å². The van der Waals surface area contributed by atoms with Crippen molar-refractivity contribution in [2.45, 2.75) is 58.5 Å². The second-order valence-electron chi connectivity index (χ2n) is 9.64. The van der Waals surface area contributed by atoms with Gasteiger partial charge in [-0.2, -0.15) is 11.8 Å². The zero-order valence-electron chi connectivity index (χ0n) is 22.8. The van der Waals surface area contributed by atoms with E-state index in [1.807, 2.05) is 17.8 Å². The fourth-order valence-corrected chi connectivity index (χ4v) is 5.71. The van der Waals surface area contributed by atoms with Crippen LogP contribution < -0.4 is 9.47 Å². The van der Waals surface area contributed by atoms with Crippen molar-refractivity contribution in [2.75, 3.05) is 25.7 Å². The average Bonchev–Trinajstić information content (AvgIpc) is 3.21. The summed E-state index contributed by atoms with van der Waals surface area (Å²) in [5.74, 6) is 3.77. The lowest BCUT2D eigenvalue weighted by Gasteiger charge is -2.15. The van der Waals surface area contributed by atoms with Crippen LogP contribution in [-0.2, 0) is 11.4 Å². The minimum atomic E-state index is 0.349. The van der Waals surface area contributed by atoms with Crippen molar-refractivity contribution in [3.63, 3.8) is 0 Å². The molecule has 0 saturated carbocycles. The molecule has 0 heterocycles. The lowest BCUT2D eigenvalue weighted by Crippen LogP contribution is -2.00. The van der Waals surface area contributed by atoms with Gasteiger partial charge in [0.1, 0.15) is 24.4 Å². The average molecular weight is 521 g/mol. The Morgan fingerprint density at radius 1 is 0.973 bits per heavy atom. The standard InChI is InChI=1S/C31H36O3S.CH4O/c1-21-15-25(11-12-32)29-10-9-27(19-30(21)29)34-20-24-7-5-8-26(18-24)31-22(2)16-28(17-23(31)3)33-13-6-14-35-4;1-2/h5,7-10,12,16-19,21,25H,6,11,13-15,20H2,1-4H3;2H,1H3. The second kappa shape index (κ2) is 14.3. The third-order valence-corrected chi connectivity index (χ3v) is 7.63. The third kappa shape index (κ3) is 7.39. The number of ether oxygens (including phenoxy) is 2. The predicted molar refractivity (Wildman–Crippen MR) is 155 cm³/mol. The molecular formula is C32H40O4S. The van der Waals surface area contributed by atoms with Crippen LogP contribution in [0, 0.1) is 13.8 Å². The van der Waals surface area contributed by atoms with E-state index in [0.717, 1.165) is 55.7 Å². The molecule has 5 heteroatoms. The van der Waals surface area contributed by atoms with Crippen LogP contribution in [-0.4, -0.2) is 37.1 Å². The largest absolute Gasteiger partial charge is 0.494 e. The van der Waals surface area contributed by atoms with Crippen LogP contribution in [0.25, 0.3) is 11.1 Å². The molecule has 0 amide bonds. The van der Waals surface area contributed by atoms with Gasteiger partial charge in [-0.3, -0.25) is 0 Å². The van der Waals surface area contributed by atoms with Crippen LogP contribution in [0.3, 0.4) is 0 Å². The van der Waals surface area contributed by atoms with Gasteiger partial charge in [0.05, 0.1) is 6.61 Å². The number of carbonyl (C=O) groups excluding carboxylic acids is 1. The molecule has 4 nitrogen and oxygen atoms in total. The topological polar surface area (TPSA) is 55.8 Å². The molecule has 0 radical (unpaired) electrons. The molecule has 0 aliphatic heterocycles.